The van der Waals surface area contributed by atoms with Gasteiger partial charge >= 0.3 is 5.97 Å². The van der Waals surface area contributed by atoms with Crippen LogP contribution in [-0.2, 0) is 51.1 Å². The van der Waals surface area contributed by atoms with Crippen LogP contribution < -0.4 is 0 Å². The van der Waals surface area contributed by atoms with Gasteiger partial charge in [0, 0.05) is 32.0 Å². The normalized spacial score (nSPS) is 23.5. The number of carbonyl (C=O) groups is 2. The van der Waals surface area contributed by atoms with Crippen LogP contribution in [0.5, 0.6) is 0 Å². The van der Waals surface area contributed by atoms with Crippen molar-refractivity contribution in [1.82, 2.24) is 0 Å². The van der Waals surface area contributed by atoms with Crippen LogP contribution >= 0.6 is 0 Å². The van der Waals surface area contributed by atoms with E-state index >= 15 is 0 Å². The zero-order valence-electron chi connectivity index (χ0n) is 38.6. The third-order valence-corrected chi connectivity index (χ3v) is 17.2. The van der Waals surface area contributed by atoms with Gasteiger partial charge in [-0.25, -0.2) is 0 Å². The maximum absolute atomic E-state index is 12.3. The molecular formula is C55H76O8Si. The molecule has 2 heterocycles. The molecule has 3 aliphatic rings. The van der Waals surface area contributed by atoms with Crippen molar-refractivity contribution in [3.8, 4) is 0 Å². The van der Waals surface area contributed by atoms with E-state index in [9.17, 15) is 9.59 Å². The summed E-state index contributed by atoms with van der Waals surface area (Å²) in [5.41, 5.74) is 3.94. The van der Waals surface area contributed by atoms with Crippen molar-refractivity contribution < 1.29 is 38.1 Å². The quantitative estimate of drug-likeness (QED) is 0.0437. The summed E-state index contributed by atoms with van der Waals surface area (Å²) < 4.78 is 34.3. The fraction of sp³-hybridized carbons (Fsp3) is 0.564. The summed E-state index contributed by atoms with van der Waals surface area (Å²) in [7, 11) is -2.67. The fourth-order valence-corrected chi connectivity index (χ4v) is 14.4. The van der Waals surface area contributed by atoms with Crippen molar-refractivity contribution in [3.05, 3.63) is 132 Å². The number of carboxylic acids is 1. The summed E-state index contributed by atoms with van der Waals surface area (Å²) >= 11 is 0. The third-order valence-electron chi connectivity index (χ3n) is 13.2. The van der Waals surface area contributed by atoms with Crippen molar-refractivity contribution in [1.29, 1.82) is 0 Å². The molecule has 9 heteroatoms. The number of unbranched alkanes of at least 4 members (excludes halogenated alkanes) is 4. The van der Waals surface area contributed by atoms with Gasteiger partial charge in [0.2, 0.25) is 8.32 Å². The highest BCUT2D eigenvalue weighted by Crippen LogP contribution is 2.43. The molecule has 0 radical (unpaired) electrons. The predicted molar refractivity (Wildman–Crippen MR) is 257 cm³/mol. The standard InChI is InChI=1S/C55H76O8Si/c1-2-3-10-30-48(61-54-32-19-21-38-59-54)35-36-50-49(31-18-6-4-5-17-29-47(56)34-37-53(57)58)52(40-51(50)62-55-33-20-22-39-60-55)63-64(41-44-23-11-7-12-24-44,42-45-25-13-8-14-26-45)43-46-27-15-9-16-28-46/h6-9,11-16,18,23-28,35-36,48-52,54-55H,2-5,10,17,19-22,29-34,37-43H2,1H3,(H,57,58)/b18-6-,36-35+/t48-,49-,50-,51-,52+,54?,55?/m1/s1. The lowest BCUT2D eigenvalue weighted by atomic mass is 9.89. The van der Waals surface area contributed by atoms with Crippen molar-refractivity contribution in [2.75, 3.05) is 13.2 Å². The first-order valence-corrected chi connectivity index (χ1v) is 27.3. The van der Waals surface area contributed by atoms with Crippen LogP contribution in [0.1, 0.15) is 139 Å². The Hall–Kier alpha value is -3.70. The van der Waals surface area contributed by atoms with Gasteiger partial charge in [-0.2, -0.15) is 0 Å². The molecule has 2 saturated heterocycles. The van der Waals surface area contributed by atoms with E-state index in [2.05, 4.69) is 122 Å². The minimum Gasteiger partial charge on any atom is -0.481 e. The molecule has 0 spiro atoms. The highest BCUT2D eigenvalue weighted by Gasteiger charge is 2.48. The topological polar surface area (TPSA) is 101 Å². The Balaban J connectivity index is 1.33. The van der Waals surface area contributed by atoms with Crippen LogP contribution in [0.3, 0.4) is 0 Å². The molecule has 7 atom stereocenters. The first-order chi connectivity index (χ1) is 31.4. The van der Waals surface area contributed by atoms with E-state index in [0.717, 1.165) is 121 Å². The Labute approximate surface area is 385 Å². The maximum Gasteiger partial charge on any atom is 0.303 e. The van der Waals surface area contributed by atoms with Crippen molar-refractivity contribution in [3.63, 3.8) is 0 Å². The van der Waals surface area contributed by atoms with Gasteiger partial charge in [-0.1, -0.05) is 141 Å². The number of allylic oxidation sites excluding steroid dienone is 2. The zero-order chi connectivity index (χ0) is 44.7. The van der Waals surface area contributed by atoms with E-state index in [4.69, 9.17) is 28.5 Å². The Kier molecular flexibility index (Phi) is 21.5. The van der Waals surface area contributed by atoms with Gasteiger partial charge < -0.3 is 28.5 Å². The van der Waals surface area contributed by atoms with Gasteiger partial charge in [0.15, 0.2) is 12.6 Å². The molecule has 0 amide bonds. The lowest BCUT2D eigenvalue weighted by molar-refractivity contribution is -0.193. The molecule has 3 fully saturated rings. The zero-order valence-corrected chi connectivity index (χ0v) is 39.6. The molecule has 0 aromatic heterocycles. The number of benzene rings is 3. The average molecular weight is 893 g/mol. The molecule has 1 N–H and O–H groups in total. The highest BCUT2D eigenvalue weighted by molar-refractivity contribution is 6.72. The van der Waals surface area contributed by atoms with Crippen molar-refractivity contribution >= 4 is 20.1 Å². The van der Waals surface area contributed by atoms with Gasteiger partial charge in [0.1, 0.15) is 5.78 Å². The molecule has 64 heavy (non-hydrogen) atoms. The number of rotatable bonds is 28. The average Bonchev–Trinajstić information content (AvgIpc) is 3.62. The van der Waals surface area contributed by atoms with Crippen LogP contribution in [0.25, 0.3) is 0 Å². The number of hydrogen-bond donors (Lipinski definition) is 1. The number of ketones is 1. The van der Waals surface area contributed by atoms with E-state index in [0.29, 0.717) is 6.42 Å². The van der Waals surface area contributed by atoms with Crippen LogP contribution in [0.2, 0.25) is 0 Å². The minimum absolute atomic E-state index is 0.0288. The molecule has 3 aromatic rings. The van der Waals surface area contributed by atoms with E-state index in [-0.39, 0.29) is 61.4 Å². The van der Waals surface area contributed by atoms with Gasteiger partial charge in [-0.15, -0.1) is 0 Å². The van der Waals surface area contributed by atoms with Crippen LogP contribution in [0, 0.1) is 11.8 Å². The number of ether oxygens (including phenoxy) is 4. The molecule has 3 aromatic carbocycles. The van der Waals surface area contributed by atoms with Gasteiger partial charge in [0.25, 0.3) is 0 Å². The molecular weight excluding hydrogens is 817 g/mol. The second-order valence-electron chi connectivity index (χ2n) is 18.5. The highest BCUT2D eigenvalue weighted by atomic mass is 28.4. The lowest BCUT2D eigenvalue weighted by Crippen LogP contribution is -2.50. The Morgan fingerprint density at radius 1 is 0.719 bits per heavy atom. The monoisotopic (exact) mass is 893 g/mol. The lowest BCUT2D eigenvalue weighted by Gasteiger charge is -2.37. The predicted octanol–water partition coefficient (Wildman–Crippen LogP) is 12.2. The molecule has 8 nitrogen and oxygen atoms in total. The second-order valence-corrected chi connectivity index (χ2v) is 22.2. The van der Waals surface area contributed by atoms with E-state index < -0.39 is 14.3 Å². The summed E-state index contributed by atoms with van der Waals surface area (Å²) in [6.07, 6.45) is 24.0. The molecule has 1 aliphatic carbocycles. The SMILES string of the molecule is CCCCC[C@H](/C=C/[C@@H]1[C@@H](C/C=C\CCCCC(=O)CCC(=O)O)[C@@H](O[Si](Cc2ccccc2)(Cc2ccccc2)Cc2ccccc2)C[C@H]1OC1CCCCO1)OC1CCCCO1. The molecule has 2 aliphatic heterocycles. The number of Topliss-reactive ketones (excluding diaryl/α,β-unsaturated/α-hetero) is 1. The smallest absolute Gasteiger partial charge is 0.303 e. The van der Waals surface area contributed by atoms with Crippen LogP contribution in [0.15, 0.2) is 115 Å². The summed E-state index contributed by atoms with van der Waals surface area (Å²) in [6, 6.07) is 35.5. The first kappa shape index (κ1) is 49.7. The van der Waals surface area contributed by atoms with Gasteiger partial charge in [0.05, 0.1) is 24.7 Å². The third kappa shape index (κ3) is 17.3. The maximum atomic E-state index is 12.3. The molecule has 1 saturated carbocycles. The number of carboxylic acid groups (broad SMARTS) is 1. The molecule has 348 valence electrons. The van der Waals surface area contributed by atoms with E-state index in [1.807, 2.05) is 0 Å². The largest absolute Gasteiger partial charge is 0.481 e. The fourth-order valence-electron chi connectivity index (χ4n) is 9.89. The Morgan fingerprint density at radius 2 is 1.33 bits per heavy atom. The summed E-state index contributed by atoms with van der Waals surface area (Å²) in [6.45, 7) is 3.73. The minimum atomic E-state index is -2.67. The molecule has 6 rings (SSSR count). The van der Waals surface area contributed by atoms with Crippen molar-refractivity contribution in [2.24, 2.45) is 11.8 Å². The number of carbonyl (C=O) groups excluding carboxylic acids is 1. The van der Waals surface area contributed by atoms with Crippen LogP contribution in [0.4, 0.5) is 0 Å². The second kappa shape index (κ2) is 27.7. The van der Waals surface area contributed by atoms with Gasteiger partial charge in [-0.05, 0) is 118 Å². The Morgan fingerprint density at radius 3 is 1.89 bits per heavy atom. The van der Waals surface area contributed by atoms with E-state index in [1.165, 1.54) is 23.1 Å². The summed E-state index contributed by atoms with van der Waals surface area (Å²) in [5.74, 6) is -0.667. The number of hydrogen-bond acceptors (Lipinski definition) is 7. The van der Waals surface area contributed by atoms with Crippen molar-refractivity contribution in [2.45, 2.75) is 172 Å². The molecule has 2 unspecified atom stereocenters. The number of aliphatic carboxylic acids is 1. The Bertz CT molecular complexity index is 1710. The van der Waals surface area contributed by atoms with Gasteiger partial charge in [-0.3, -0.25) is 9.59 Å². The van der Waals surface area contributed by atoms with E-state index in [1.54, 1.807) is 0 Å². The van der Waals surface area contributed by atoms with Crippen LogP contribution in [-0.4, -0.2) is 69.3 Å². The molecule has 0 bridgehead atoms. The summed E-state index contributed by atoms with van der Waals surface area (Å²) in [5, 5.41) is 8.99. The summed E-state index contributed by atoms with van der Waals surface area (Å²) in [4.78, 5) is 23.2. The first-order valence-electron chi connectivity index (χ1n) is 24.8.